The molecular weight excluding hydrogens is 330 g/mol. The van der Waals surface area contributed by atoms with E-state index in [9.17, 15) is 4.79 Å². The van der Waals surface area contributed by atoms with Crippen LogP contribution in [0, 0.1) is 6.92 Å². The van der Waals surface area contributed by atoms with E-state index < -0.39 is 0 Å². The van der Waals surface area contributed by atoms with E-state index in [-0.39, 0.29) is 11.7 Å². The smallest absolute Gasteiger partial charge is 0.236 e. The number of hydrogen-bond donors (Lipinski definition) is 1. The molecule has 3 aromatic rings. The number of hydrogen-bond acceptors (Lipinski definition) is 7. The van der Waals surface area contributed by atoms with Crippen LogP contribution < -0.4 is 5.32 Å². The van der Waals surface area contributed by atoms with Crippen LogP contribution in [-0.2, 0) is 4.79 Å². The number of nitrogens with zero attached hydrogens (tertiary/aromatic N) is 4. The van der Waals surface area contributed by atoms with Gasteiger partial charge in [0.2, 0.25) is 11.0 Å². The molecule has 116 valence electrons. The van der Waals surface area contributed by atoms with E-state index in [1.807, 2.05) is 43.3 Å². The summed E-state index contributed by atoms with van der Waals surface area (Å²) >= 11 is 2.71. The van der Waals surface area contributed by atoms with Crippen LogP contribution in [0.1, 0.15) is 5.01 Å². The Labute approximate surface area is 141 Å². The molecule has 1 amide bonds. The molecule has 0 aliphatic carbocycles. The fraction of sp³-hybridized carbons (Fsp3) is 0.133. The van der Waals surface area contributed by atoms with Gasteiger partial charge in [-0.2, -0.15) is 0 Å². The lowest BCUT2D eigenvalue weighted by molar-refractivity contribution is -0.113. The van der Waals surface area contributed by atoms with Crippen LogP contribution in [0.5, 0.6) is 0 Å². The van der Waals surface area contributed by atoms with Gasteiger partial charge >= 0.3 is 0 Å². The number of amides is 1. The first-order chi connectivity index (χ1) is 11.2. The first-order valence-electron chi connectivity index (χ1n) is 6.81. The zero-order chi connectivity index (χ0) is 16.1. The predicted octanol–water partition coefficient (Wildman–Crippen LogP) is 3.03. The quantitative estimate of drug-likeness (QED) is 0.566. The summed E-state index contributed by atoms with van der Waals surface area (Å²) in [6, 6.07) is 11.7. The van der Waals surface area contributed by atoms with Gasteiger partial charge in [-0.1, -0.05) is 53.4 Å². The van der Waals surface area contributed by atoms with Gasteiger partial charge in [0, 0.05) is 5.56 Å². The summed E-state index contributed by atoms with van der Waals surface area (Å²) in [6.45, 7) is 1.84. The Bertz CT molecular complexity index is 806. The molecule has 1 N–H and O–H groups in total. The predicted molar refractivity (Wildman–Crippen MR) is 91.5 cm³/mol. The number of rotatable bonds is 5. The molecule has 3 rings (SSSR count). The highest BCUT2D eigenvalue weighted by molar-refractivity contribution is 7.99. The Kier molecular flexibility index (Phi) is 4.94. The number of aryl methyl sites for hydroxylation is 1. The number of carbonyl (C=O) groups is 1. The molecule has 0 fully saturated rings. The van der Waals surface area contributed by atoms with Crippen molar-refractivity contribution in [1.29, 1.82) is 0 Å². The highest BCUT2D eigenvalue weighted by atomic mass is 32.2. The van der Waals surface area contributed by atoms with E-state index in [2.05, 4.69) is 25.5 Å². The molecule has 6 nitrogen and oxygen atoms in total. The summed E-state index contributed by atoms with van der Waals surface area (Å²) in [5.41, 5.74) is 1.86. The number of anilines is 1. The van der Waals surface area contributed by atoms with Crippen LogP contribution in [0.4, 0.5) is 5.13 Å². The van der Waals surface area contributed by atoms with E-state index in [4.69, 9.17) is 0 Å². The number of nitrogens with one attached hydrogen (secondary N) is 1. The molecule has 0 saturated carbocycles. The number of benzene rings is 1. The molecule has 0 unspecified atom stereocenters. The molecule has 8 heteroatoms. The van der Waals surface area contributed by atoms with Crippen molar-refractivity contribution in [2.75, 3.05) is 11.1 Å². The third-order valence-electron chi connectivity index (χ3n) is 2.84. The molecule has 1 aromatic carbocycles. The molecule has 0 aliphatic rings. The molecule has 0 atom stereocenters. The Morgan fingerprint density at radius 2 is 2.04 bits per heavy atom. The summed E-state index contributed by atoms with van der Waals surface area (Å²) in [5, 5.41) is 12.5. The van der Waals surface area contributed by atoms with Crippen molar-refractivity contribution in [3.05, 3.63) is 47.7 Å². The second kappa shape index (κ2) is 7.30. The van der Waals surface area contributed by atoms with E-state index in [0.29, 0.717) is 5.13 Å². The minimum atomic E-state index is -0.133. The average Bonchev–Trinajstić information content (AvgIpc) is 2.99. The van der Waals surface area contributed by atoms with Gasteiger partial charge in [0.25, 0.3) is 0 Å². The van der Waals surface area contributed by atoms with Crippen LogP contribution in [0.15, 0.2) is 47.8 Å². The fourth-order valence-electron chi connectivity index (χ4n) is 1.83. The van der Waals surface area contributed by atoms with E-state index in [1.54, 1.807) is 0 Å². The van der Waals surface area contributed by atoms with Gasteiger partial charge < -0.3 is 0 Å². The van der Waals surface area contributed by atoms with Gasteiger partial charge in [-0.05, 0) is 13.0 Å². The molecule has 0 aliphatic heterocycles. The molecule has 23 heavy (non-hydrogen) atoms. The van der Waals surface area contributed by atoms with Crippen molar-refractivity contribution in [2.45, 2.75) is 11.9 Å². The maximum Gasteiger partial charge on any atom is 0.236 e. The molecule has 2 heterocycles. The topological polar surface area (TPSA) is 80.7 Å². The molecule has 0 saturated heterocycles. The van der Waals surface area contributed by atoms with Crippen LogP contribution in [0.2, 0.25) is 0 Å². The molecule has 0 radical (unpaired) electrons. The van der Waals surface area contributed by atoms with Gasteiger partial charge in [0.05, 0.1) is 11.4 Å². The second-order valence-electron chi connectivity index (χ2n) is 4.57. The first-order valence-corrected chi connectivity index (χ1v) is 8.61. The van der Waals surface area contributed by atoms with Gasteiger partial charge in [-0.15, -0.1) is 10.2 Å². The summed E-state index contributed by atoms with van der Waals surface area (Å²) in [7, 11) is 0. The Balaban J connectivity index is 1.61. The highest BCUT2D eigenvalue weighted by Crippen LogP contribution is 2.22. The van der Waals surface area contributed by atoms with Crippen LogP contribution in [0.3, 0.4) is 0 Å². The number of aromatic nitrogens is 4. The van der Waals surface area contributed by atoms with Crippen LogP contribution in [0.25, 0.3) is 11.3 Å². The normalized spacial score (nSPS) is 10.5. The standard InChI is InChI=1S/C15H13N5OS2/c1-10-19-20-15(23-10)18-13(21)8-22-14-7-12(16-9-17-14)11-5-3-2-4-6-11/h2-7,9H,8H2,1H3,(H,18,20,21). The summed E-state index contributed by atoms with van der Waals surface area (Å²) in [5.74, 6) is 0.121. The lowest BCUT2D eigenvalue weighted by Crippen LogP contribution is -2.13. The Morgan fingerprint density at radius 1 is 1.22 bits per heavy atom. The second-order valence-corrected chi connectivity index (χ2v) is 6.75. The van der Waals surface area contributed by atoms with Crippen molar-refractivity contribution >= 4 is 34.1 Å². The van der Waals surface area contributed by atoms with Crippen molar-refractivity contribution < 1.29 is 4.79 Å². The Morgan fingerprint density at radius 3 is 2.78 bits per heavy atom. The number of carbonyl (C=O) groups excluding carboxylic acids is 1. The maximum atomic E-state index is 11.9. The van der Waals surface area contributed by atoms with Gasteiger partial charge in [0.15, 0.2) is 0 Å². The van der Waals surface area contributed by atoms with E-state index >= 15 is 0 Å². The molecule has 0 spiro atoms. The van der Waals surface area contributed by atoms with E-state index in [0.717, 1.165) is 21.3 Å². The monoisotopic (exact) mass is 343 g/mol. The summed E-state index contributed by atoms with van der Waals surface area (Å²) < 4.78 is 0. The van der Waals surface area contributed by atoms with Crippen molar-refractivity contribution in [2.24, 2.45) is 0 Å². The van der Waals surface area contributed by atoms with Crippen LogP contribution >= 0.6 is 23.1 Å². The summed E-state index contributed by atoms with van der Waals surface area (Å²) in [4.78, 5) is 20.4. The van der Waals surface area contributed by atoms with E-state index in [1.165, 1.54) is 29.4 Å². The lowest BCUT2D eigenvalue weighted by Gasteiger charge is -2.04. The van der Waals surface area contributed by atoms with Crippen molar-refractivity contribution in [1.82, 2.24) is 20.2 Å². The number of thioether (sulfide) groups is 1. The van der Waals surface area contributed by atoms with Crippen LogP contribution in [-0.4, -0.2) is 31.8 Å². The molecular formula is C15H13N5OS2. The van der Waals surface area contributed by atoms with Gasteiger partial charge in [0.1, 0.15) is 16.4 Å². The minimum absolute atomic E-state index is 0.133. The van der Waals surface area contributed by atoms with Gasteiger partial charge in [-0.25, -0.2) is 9.97 Å². The summed E-state index contributed by atoms with van der Waals surface area (Å²) in [6.07, 6.45) is 1.51. The highest BCUT2D eigenvalue weighted by Gasteiger charge is 2.08. The zero-order valence-corrected chi connectivity index (χ0v) is 13.9. The maximum absolute atomic E-state index is 11.9. The van der Waals surface area contributed by atoms with Gasteiger partial charge in [-0.3, -0.25) is 10.1 Å². The largest absolute Gasteiger partial charge is 0.300 e. The minimum Gasteiger partial charge on any atom is -0.300 e. The van der Waals surface area contributed by atoms with Crippen molar-refractivity contribution in [3.8, 4) is 11.3 Å². The fourth-order valence-corrected chi connectivity index (χ4v) is 3.10. The SMILES string of the molecule is Cc1nnc(NC(=O)CSc2cc(-c3ccccc3)ncn2)s1. The first kappa shape index (κ1) is 15.6. The zero-order valence-electron chi connectivity index (χ0n) is 12.3. The lowest BCUT2D eigenvalue weighted by atomic mass is 10.1. The third-order valence-corrected chi connectivity index (χ3v) is 4.51. The van der Waals surface area contributed by atoms with Crippen molar-refractivity contribution in [3.63, 3.8) is 0 Å². The molecule has 0 bridgehead atoms. The average molecular weight is 343 g/mol. The third kappa shape index (κ3) is 4.33. The molecule has 2 aromatic heterocycles. The Hall–Kier alpha value is -2.32.